The Morgan fingerprint density at radius 1 is 1.40 bits per heavy atom. The number of carbonyl (C=O) groups excluding carboxylic acids is 1. The number of likely N-dealkylation sites (tertiary alicyclic amines) is 1. The molecule has 0 aromatic heterocycles. The van der Waals surface area contributed by atoms with Gasteiger partial charge in [-0.25, -0.2) is 0 Å². The largest absolute Gasteiger partial charge is 0.481 e. The van der Waals surface area contributed by atoms with Crippen LogP contribution in [0.2, 0.25) is 5.02 Å². The minimum atomic E-state index is -0.806. The number of benzene rings is 1. The Labute approximate surface area is 122 Å². The molecule has 6 heteroatoms. The fraction of sp³-hybridized carbons (Fsp3) is 0.429. The first-order valence-corrected chi connectivity index (χ1v) is 6.76. The second kappa shape index (κ2) is 5.81. The van der Waals surface area contributed by atoms with Gasteiger partial charge in [-0.15, -0.1) is 0 Å². The molecule has 5 nitrogen and oxygen atoms in total. The van der Waals surface area contributed by atoms with Gasteiger partial charge in [0, 0.05) is 13.1 Å². The lowest BCUT2D eigenvalue weighted by atomic mass is 10.0. The second-order valence-electron chi connectivity index (χ2n) is 5.22. The molecule has 2 rings (SSSR count). The Hall–Kier alpha value is -1.59. The van der Waals surface area contributed by atoms with Gasteiger partial charge in [-0.2, -0.15) is 0 Å². The van der Waals surface area contributed by atoms with Crippen LogP contribution in [0.15, 0.2) is 12.1 Å². The van der Waals surface area contributed by atoms with Crippen LogP contribution in [0.4, 0.5) is 5.69 Å². The van der Waals surface area contributed by atoms with Crippen molar-refractivity contribution in [1.29, 1.82) is 0 Å². The molecule has 0 spiro atoms. The number of nitrogens with zero attached hydrogens (tertiary/aromatic N) is 1. The summed E-state index contributed by atoms with van der Waals surface area (Å²) in [4.78, 5) is 24.4. The summed E-state index contributed by atoms with van der Waals surface area (Å²) in [5.74, 6) is -1.34. The smallest absolute Gasteiger partial charge is 0.309 e. The number of hydrogen-bond donors (Lipinski definition) is 2. The molecule has 20 heavy (non-hydrogen) atoms. The quantitative estimate of drug-likeness (QED) is 0.890. The van der Waals surface area contributed by atoms with E-state index in [1.165, 1.54) is 0 Å². The van der Waals surface area contributed by atoms with E-state index in [-0.39, 0.29) is 18.4 Å². The maximum absolute atomic E-state index is 11.9. The normalized spacial score (nSPS) is 15.8. The molecule has 1 saturated heterocycles. The molecule has 0 atom stereocenters. The van der Waals surface area contributed by atoms with Crippen LogP contribution in [-0.2, 0) is 9.59 Å². The van der Waals surface area contributed by atoms with Crippen LogP contribution in [0.5, 0.6) is 0 Å². The maximum atomic E-state index is 11.9. The van der Waals surface area contributed by atoms with Crippen molar-refractivity contribution in [3.63, 3.8) is 0 Å². The van der Waals surface area contributed by atoms with Gasteiger partial charge in [-0.3, -0.25) is 14.5 Å². The number of halogens is 1. The van der Waals surface area contributed by atoms with Crippen LogP contribution in [-0.4, -0.2) is 41.5 Å². The maximum Gasteiger partial charge on any atom is 0.309 e. The number of rotatable bonds is 4. The van der Waals surface area contributed by atoms with E-state index in [2.05, 4.69) is 5.32 Å². The molecular weight excluding hydrogens is 280 g/mol. The number of carboxylic acids is 1. The van der Waals surface area contributed by atoms with Gasteiger partial charge >= 0.3 is 5.97 Å². The highest BCUT2D eigenvalue weighted by Gasteiger charge is 2.33. The number of hydrogen-bond acceptors (Lipinski definition) is 3. The molecule has 1 heterocycles. The summed E-state index contributed by atoms with van der Waals surface area (Å²) in [5.41, 5.74) is 2.57. The SMILES string of the molecule is Cc1cc(C)c(NC(=O)CN2CC(C(=O)O)C2)c(Cl)c1. The van der Waals surface area contributed by atoms with Crippen LogP contribution < -0.4 is 5.32 Å². The molecule has 1 amide bonds. The Balaban J connectivity index is 1.91. The van der Waals surface area contributed by atoms with E-state index in [1.54, 1.807) is 11.0 Å². The van der Waals surface area contributed by atoms with Gasteiger partial charge in [0.25, 0.3) is 0 Å². The summed E-state index contributed by atoms with van der Waals surface area (Å²) >= 11 is 6.12. The third-order valence-corrected chi connectivity index (χ3v) is 3.67. The number of carbonyl (C=O) groups is 2. The van der Waals surface area contributed by atoms with Crippen molar-refractivity contribution in [2.24, 2.45) is 5.92 Å². The number of aliphatic carboxylic acids is 1. The van der Waals surface area contributed by atoms with E-state index in [0.717, 1.165) is 11.1 Å². The fourth-order valence-electron chi connectivity index (χ4n) is 2.31. The zero-order chi connectivity index (χ0) is 14.9. The standard InChI is InChI=1S/C14H17ClN2O3/c1-8-3-9(2)13(11(15)4-8)16-12(18)7-17-5-10(6-17)14(19)20/h3-4,10H,5-7H2,1-2H3,(H,16,18)(H,19,20). The minimum absolute atomic E-state index is 0.178. The van der Waals surface area contributed by atoms with Crippen molar-refractivity contribution < 1.29 is 14.7 Å². The van der Waals surface area contributed by atoms with Gasteiger partial charge in [-0.1, -0.05) is 17.7 Å². The molecule has 1 aromatic carbocycles. The molecular formula is C14H17ClN2O3. The van der Waals surface area contributed by atoms with Gasteiger partial charge < -0.3 is 10.4 Å². The Morgan fingerprint density at radius 3 is 2.60 bits per heavy atom. The van der Waals surface area contributed by atoms with E-state index in [9.17, 15) is 9.59 Å². The van der Waals surface area contributed by atoms with Crippen molar-refractivity contribution >= 4 is 29.2 Å². The highest BCUT2D eigenvalue weighted by Crippen LogP contribution is 2.27. The molecule has 0 saturated carbocycles. The lowest BCUT2D eigenvalue weighted by molar-refractivity contribution is -0.148. The predicted octanol–water partition coefficient (Wildman–Crippen LogP) is 1.91. The first-order valence-electron chi connectivity index (χ1n) is 6.38. The zero-order valence-corrected chi connectivity index (χ0v) is 12.2. The number of nitrogens with one attached hydrogen (secondary N) is 1. The summed E-state index contributed by atoms with van der Waals surface area (Å²) in [6.07, 6.45) is 0. The van der Waals surface area contributed by atoms with E-state index < -0.39 is 5.97 Å². The summed E-state index contributed by atoms with van der Waals surface area (Å²) < 4.78 is 0. The van der Waals surface area contributed by atoms with Crippen molar-refractivity contribution in [3.05, 3.63) is 28.3 Å². The Bertz CT molecular complexity index is 530. The molecule has 0 aliphatic carbocycles. The van der Waals surface area contributed by atoms with Crippen molar-refractivity contribution in [3.8, 4) is 0 Å². The Kier molecular flexibility index (Phi) is 4.30. The van der Waals surface area contributed by atoms with Gasteiger partial charge in [0.1, 0.15) is 0 Å². The molecule has 0 bridgehead atoms. The van der Waals surface area contributed by atoms with E-state index in [1.807, 2.05) is 19.9 Å². The fourth-order valence-corrected chi connectivity index (χ4v) is 2.68. The van der Waals surface area contributed by atoms with Gasteiger partial charge in [0.2, 0.25) is 5.91 Å². The topological polar surface area (TPSA) is 69.6 Å². The average Bonchev–Trinajstić information content (AvgIpc) is 2.27. The highest BCUT2D eigenvalue weighted by molar-refractivity contribution is 6.34. The molecule has 108 valence electrons. The second-order valence-corrected chi connectivity index (χ2v) is 5.62. The van der Waals surface area contributed by atoms with E-state index in [4.69, 9.17) is 16.7 Å². The average molecular weight is 297 g/mol. The monoisotopic (exact) mass is 296 g/mol. The van der Waals surface area contributed by atoms with Crippen LogP contribution in [0, 0.1) is 19.8 Å². The van der Waals surface area contributed by atoms with Crippen LogP contribution >= 0.6 is 11.6 Å². The summed E-state index contributed by atoms with van der Waals surface area (Å²) in [7, 11) is 0. The van der Waals surface area contributed by atoms with Crippen molar-refractivity contribution in [2.45, 2.75) is 13.8 Å². The number of anilines is 1. The van der Waals surface area contributed by atoms with Crippen LogP contribution in [0.1, 0.15) is 11.1 Å². The Morgan fingerprint density at radius 2 is 2.05 bits per heavy atom. The lowest BCUT2D eigenvalue weighted by Crippen LogP contribution is -2.52. The first kappa shape index (κ1) is 14.8. The molecule has 0 radical (unpaired) electrons. The molecule has 1 aromatic rings. The van der Waals surface area contributed by atoms with E-state index in [0.29, 0.717) is 23.8 Å². The van der Waals surface area contributed by atoms with Gasteiger partial charge in [-0.05, 0) is 31.0 Å². The predicted molar refractivity (Wildman–Crippen MR) is 77.1 cm³/mol. The third-order valence-electron chi connectivity index (χ3n) is 3.37. The first-order chi connectivity index (χ1) is 9.36. The molecule has 2 N–H and O–H groups in total. The summed E-state index contributed by atoms with van der Waals surface area (Å²) in [6.45, 7) is 4.86. The number of amides is 1. The van der Waals surface area contributed by atoms with Crippen LogP contribution in [0.3, 0.4) is 0 Å². The van der Waals surface area contributed by atoms with Crippen molar-refractivity contribution in [1.82, 2.24) is 4.90 Å². The minimum Gasteiger partial charge on any atom is -0.481 e. The molecule has 1 aliphatic rings. The summed E-state index contributed by atoms with van der Waals surface area (Å²) in [6, 6.07) is 3.75. The van der Waals surface area contributed by atoms with E-state index >= 15 is 0 Å². The van der Waals surface area contributed by atoms with Gasteiger partial charge in [0.05, 0.1) is 23.2 Å². The number of aryl methyl sites for hydroxylation is 2. The molecule has 1 aliphatic heterocycles. The third kappa shape index (κ3) is 3.29. The molecule has 1 fully saturated rings. The van der Waals surface area contributed by atoms with Crippen LogP contribution in [0.25, 0.3) is 0 Å². The van der Waals surface area contributed by atoms with Crippen molar-refractivity contribution in [2.75, 3.05) is 25.0 Å². The van der Waals surface area contributed by atoms with Gasteiger partial charge in [0.15, 0.2) is 0 Å². The highest BCUT2D eigenvalue weighted by atomic mass is 35.5. The zero-order valence-electron chi connectivity index (χ0n) is 11.4. The number of carboxylic acid groups (broad SMARTS) is 1. The molecule has 0 unspecified atom stereocenters. The lowest BCUT2D eigenvalue weighted by Gasteiger charge is -2.35. The summed E-state index contributed by atoms with van der Waals surface area (Å²) in [5, 5.41) is 12.1.